The van der Waals surface area contributed by atoms with Gasteiger partial charge in [0.2, 0.25) is 5.91 Å². The number of nitrogens with one attached hydrogen (secondary N) is 1. The maximum absolute atomic E-state index is 12.6. The summed E-state index contributed by atoms with van der Waals surface area (Å²) < 4.78 is 5.12. The predicted octanol–water partition coefficient (Wildman–Crippen LogP) is 2.09. The summed E-state index contributed by atoms with van der Waals surface area (Å²) in [6.07, 6.45) is 3.48. The molecule has 3 amide bonds. The molecule has 1 saturated heterocycles. The lowest BCUT2D eigenvalue weighted by molar-refractivity contribution is -0.118. The highest BCUT2D eigenvalue weighted by Crippen LogP contribution is 2.22. The van der Waals surface area contributed by atoms with Crippen molar-refractivity contribution in [3.63, 3.8) is 0 Å². The normalized spacial score (nSPS) is 20.6. The number of carbonyl (C=O) groups excluding carboxylic acids is 2. The van der Waals surface area contributed by atoms with Crippen LogP contribution < -0.4 is 10.2 Å². The highest BCUT2D eigenvalue weighted by atomic mass is 16.5. The van der Waals surface area contributed by atoms with Gasteiger partial charge in [-0.1, -0.05) is 23.8 Å². The third-order valence-corrected chi connectivity index (χ3v) is 4.77. The van der Waals surface area contributed by atoms with Crippen molar-refractivity contribution in [2.24, 2.45) is 0 Å². The number of hydrogen-bond donors (Lipinski definition) is 1. The fourth-order valence-electron chi connectivity index (χ4n) is 3.25. The average Bonchev–Trinajstić information content (AvgIpc) is 2.97. The minimum absolute atomic E-state index is 0.0372. The maximum atomic E-state index is 12.6. The minimum atomic E-state index is -0.446. The molecule has 134 valence electrons. The maximum Gasteiger partial charge on any atom is 0.318 e. The van der Waals surface area contributed by atoms with Gasteiger partial charge in [-0.25, -0.2) is 4.79 Å². The monoisotopic (exact) mass is 343 g/mol. The van der Waals surface area contributed by atoms with Crippen molar-refractivity contribution >= 4 is 17.6 Å². The van der Waals surface area contributed by atoms with Crippen LogP contribution in [0.5, 0.6) is 0 Å². The summed E-state index contributed by atoms with van der Waals surface area (Å²) in [5.41, 5.74) is 3.26. The Hall–Kier alpha value is -2.34. The largest absolute Gasteiger partial charge is 0.380 e. The van der Waals surface area contributed by atoms with Gasteiger partial charge < -0.3 is 19.9 Å². The number of urea groups is 1. The highest BCUT2D eigenvalue weighted by Gasteiger charge is 2.34. The zero-order valence-corrected chi connectivity index (χ0v) is 14.8. The van der Waals surface area contributed by atoms with Crippen LogP contribution in [-0.2, 0) is 9.53 Å². The molecule has 0 saturated carbocycles. The third kappa shape index (κ3) is 4.02. The first-order valence-corrected chi connectivity index (χ1v) is 8.69. The van der Waals surface area contributed by atoms with Crippen molar-refractivity contribution in [1.29, 1.82) is 0 Å². The van der Waals surface area contributed by atoms with E-state index in [0.29, 0.717) is 32.7 Å². The van der Waals surface area contributed by atoms with Crippen LogP contribution in [0.15, 0.2) is 35.9 Å². The summed E-state index contributed by atoms with van der Waals surface area (Å²) in [5.74, 6) is -0.0372. The molecule has 1 aromatic rings. The van der Waals surface area contributed by atoms with Crippen molar-refractivity contribution in [1.82, 2.24) is 10.2 Å². The van der Waals surface area contributed by atoms with E-state index in [0.717, 1.165) is 17.7 Å². The molecule has 6 heteroatoms. The van der Waals surface area contributed by atoms with Crippen LogP contribution in [0.25, 0.3) is 0 Å². The van der Waals surface area contributed by atoms with Gasteiger partial charge in [0.1, 0.15) is 6.04 Å². The zero-order valence-electron chi connectivity index (χ0n) is 14.8. The first kappa shape index (κ1) is 17.5. The van der Waals surface area contributed by atoms with Crippen molar-refractivity contribution in [3.8, 4) is 0 Å². The number of hydrogen-bond acceptors (Lipinski definition) is 3. The van der Waals surface area contributed by atoms with Gasteiger partial charge in [-0.05, 0) is 37.5 Å². The third-order valence-electron chi connectivity index (χ3n) is 4.77. The van der Waals surface area contributed by atoms with Gasteiger partial charge in [-0.2, -0.15) is 0 Å². The van der Waals surface area contributed by atoms with Crippen LogP contribution in [0.4, 0.5) is 10.5 Å². The molecule has 0 aliphatic carbocycles. The first-order valence-electron chi connectivity index (χ1n) is 8.69. The average molecular weight is 343 g/mol. The molecule has 0 aromatic heterocycles. The topological polar surface area (TPSA) is 61.9 Å². The molecule has 2 heterocycles. The van der Waals surface area contributed by atoms with Crippen molar-refractivity contribution < 1.29 is 14.3 Å². The lowest BCUT2D eigenvalue weighted by atomic mass is 10.1. The van der Waals surface area contributed by atoms with Gasteiger partial charge in [0, 0.05) is 32.4 Å². The number of nitrogens with zero attached hydrogens (tertiary/aromatic N) is 2. The van der Waals surface area contributed by atoms with Crippen LogP contribution in [0.2, 0.25) is 0 Å². The molecule has 0 spiro atoms. The standard InChI is InChI=1S/C19H25N3O3/c1-14-3-5-16(6-4-14)22-12-9-17(18(22)23)20-19(24)21-10-7-15(8-11-21)13-25-2/h3-7,17H,8-13H2,1-2H3,(H,20,24)/t17-/m0/s1. The molecule has 0 radical (unpaired) electrons. The van der Waals surface area contributed by atoms with E-state index < -0.39 is 6.04 Å². The summed E-state index contributed by atoms with van der Waals surface area (Å²) in [5, 5.41) is 2.89. The van der Waals surface area contributed by atoms with E-state index in [-0.39, 0.29) is 11.9 Å². The van der Waals surface area contributed by atoms with Crippen LogP contribution in [0.3, 0.4) is 0 Å². The summed E-state index contributed by atoms with van der Waals surface area (Å²) in [7, 11) is 1.67. The Morgan fingerprint density at radius 3 is 2.68 bits per heavy atom. The van der Waals surface area contributed by atoms with Gasteiger partial charge in [0.15, 0.2) is 0 Å². The van der Waals surface area contributed by atoms with E-state index in [1.165, 1.54) is 5.57 Å². The Labute approximate surface area is 148 Å². The van der Waals surface area contributed by atoms with Crippen molar-refractivity contribution in [3.05, 3.63) is 41.5 Å². The molecule has 1 fully saturated rings. The Morgan fingerprint density at radius 1 is 1.28 bits per heavy atom. The fourth-order valence-corrected chi connectivity index (χ4v) is 3.25. The number of anilines is 1. The number of amides is 3. The van der Waals surface area contributed by atoms with Gasteiger partial charge >= 0.3 is 6.03 Å². The smallest absolute Gasteiger partial charge is 0.318 e. The molecule has 25 heavy (non-hydrogen) atoms. The Balaban J connectivity index is 1.56. The second kappa shape index (κ2) is 7.70. The predicted molar refractivity (Wildman–Crippen MR) is 96.6 cm³/mol. The van der Waals surface area contributed by atoms with Gasteiger partial charge in [0.05, 0.1) is 6.61 Å². The van der Waals surface area contributed by atoms with E-state index in [9.17, 15) is 9.59 Å². The number of benzene rings is 1. The molecule has 1 atom stereocenters. The molecule has 6 nitrogen and oxygen atoms in total. The Morgan fingerprint density at radius 2 is 2.04 bits per heavy atom. The highest BCUT2D eigenvalue weighted by molar-refractivity contribution is 6.01. The fraction of sp³-hybridized carbons (Fsp3) is 0.474. The second-order valence-corrected chi connectivity index (χ2v) is 6.61. The minimum Gasteiger partial charge on any atom is -0.380 e. The molecule has 0 bridgehead atoms. The lowest BCUT2D eigenvalue weighted by Gasteiger charge is -2.27. The number of carbonyl (C=O) groups is 2. The Kier molecular flexibility index (Phi) is 5.38. The quantitative estimate of drug-likeness (QED) is 0.852. The summed E-state index contributed by atoms with van der Waals surface area (Å²) in [6, 6.07) is 7.27. The van der Waals surface area contributed by atoms with Crippen LogP contribution in [0, 0.1) is 6.92 Å². The van der Waals surface area contributed by atoms with Crippen molar-refractivity contribution in [2.75, 3.05) is 38.3 Å². The molecule has 3 rings (SSSR count). The van der Waals surface area contributed by atoms with Gasteiger partial charge in [-0.15, -0.1) is 0 Å². The van der Waals surface area contributed by atoms with E-state index in [1.807, 2.05) is 37.3 Å². The molecular formula is C19H25N3O3. The van der Waals surface area contributed by atoms with Crippen LogP contribution in [0.1, 0.15) is 18.4 Å². The van der Waals surface area contributed by atoms with E-state index in [4.69, 9.17) is 4.74 Å². The second-order valence-electron chi connectivity index (χ2n) is 6.61. The molecular weight excluding hydrogens is 318 g/mol. The van der Waals surface area contributed by atoms with E-state index in [1.54, 1.807) is 16.9 Å². The van der Waals surface area contributed by atoms with E-state index >= 15 is 0 Å². The number of rotatable bonds is 4. The number of ether oxygens (including phenoxy) is 1. The number of methoxy groups -OCH3 is 1. The Bertz CT molecular complexity index is 669. The van der Waals surface area contributed by atoms with E-state index in [2.05, 4.69) is 5.32 Å². The summed E-state index contributed by atoms with van der Waals surface area (Å²) >= 11 is 0. The first-order chi connectivity index (χ1) is 12.1. The van der Waals surface area contributed by atoms with Crippen LogP contribution >= 0.6 is 0 Å². The summed E-state index contributed by atoms with van der Waals surface area (Å²) in [4.78, 5) is 28.5. The SMILES string of the molecule is COCC1=CCN(C(=O)N[C@H]2CCN(c3ccc(C)cc3)C2=O)CC1. The van der Waals surface area contributed by atoms with Gasteiger partial charge in [-0.3, -0.25) is 4.79 Å². The van der Waals surface area contributed by atoms with Crippen LogP contribution in [-0.4, -0.2) is 56.2 Å². The lowest BCUT2D eigenvalue weighted by Crippen LogP contribution is -2.49. The molecule has 2 aliphatic heterocycles. The molecule has 0 unspecified atom stereocenters. The molecule has 2 aliphatic rings. The number of aryl methyl sites for hydroxylation is 1. The zero-order chi connectivity index (χ0) is 17.8. The van der Waals surface area contributed by atoms with Gasteiger partial charge in [0.25, 0.3) is 0 Å². The molecule has 1 aromatic carbocycles. The van der Waals surface area contributed by atoms with Crippen molar-refractivity contribution in [2.45, 2.75) is 25.8 Å². The summed E-state index contributed by atoms with van der Waals surface area (Å²) in [6.45, 7) is 4.48. The molecule has 1 N–H and O–H groups in total.